The minimum atomic E-state index is -0.604. The van der Waals surface area contributed by atoms with Crippen molar-refractivity contribution in [3.8, 4) is 11.4 Å². The Morgan fingerprint density at radius 1 is 1.11 bits per heavy atom. The third kappa shape index (κ3) is 1.95. The van der Waals surface area contributed by atoms with Crippen molar-refractivity contribution in [3.63, 3.8) is 0 Å². The molecule has 0 atom stereocenters. The molecule has 0 saturated carbocycles. The fourth-order valence-electron chi connectivity index (χ4n) is 1.73. The predicted molar refractivity (Wildman–Crippen MR) is 72.7 cm³/mol. The van der Waals surface area contributed by atoms with Crippen LogP contribution in [0.1, 0.15) is 0 Å². The largest absolute Gasteiger partial charge is 0.497 e. The van der Waals surface area contributed by atoms with Crippen molar-refractivity contribution in [2.45, 2.75) is 0 Å². The van der Waals surface area contributed by atoms with Crippen molar-refractivity contribution < 1.29 is 4.74 Å². The molecule has 19 heavy (non-hydrogen) atoms. The van der Waals surface area contributed by atoms with Crippen molar-refractivity contribution >= 4 is 11.5 Å². The molecule has 7 heteroatoms. The summed E-state index contributed by atoms with van der Waals surface area (Å²) in [5, 5.41) is 0. The van der Waals surface area contributed by atoms with Gasteiger partial charge in [0.05, 0.1) is 12.8 Å². The van der Waals surface area contributed by atoms with E-state index in [1.807, 2.05) is 0 Å². The summed E-state index contributed by atoms with van der Waals surface area (Å²) in [6, 6.07) is 6.67. The summed E-state index contributed by atoms with van der Waals surface area (Å²) in [5.74, 6) is 0.575. The second-order valence-electron chi connectivity index (χ2n) is 3.98. The second kappa shape index (κ2) is 4.52. The van der Waals surface area contributed by atoms with Gasteiger partial charge in [-0.1, -0.05) is 0 Å². The van der Waals surface area contributed by atoms with Gasteiger partial charge in [-0.25, -0.2) is 9.36 Å². The van der Waals surface area contributed by atoms with Crippen LogP contribution in [0.5, 0.6) is 5.75 Å². The summed E-state index contributed by atoms with van der Waals surface area (Å²) in [4.78, 5) is 23.7. The summed E-state index contributed by atoms with van der Waals surface area (Å²) < 4.78 is 7.12. The summed E-state index contributed by atoms with van der Waals surface area (Å²) >= 11 is 0. The molecule has 0 aliphatic heterocycles. The number of hydrogen-bond acceptors (Lipinski definition) is 5. The van der Waals surface area contributed by atoms with E-state index < -0.39 is 11.2 Å². The molecule has 0 aliphatic carbocycles. The number of hydrogen-bond donors (Lipinski definition) is 2. The van der Waals surface area contributed by atoms with Gasteiger partial charge in [-0.2, -0.15) is 0 Å². The fraction of sp³-hybridized carbons (Fsp3) is 0.167. The Bertz CT molecular complexity index is 728. The SMILES string of the molecule is COc1ccc(-n2c(N)c(N)c(=O)n(C)c2=O)cc1. The maximum atomic E-state index is 12.1. The summed E-state index contributed by atoms with van der Waals surface area (Å²) in [6.07, 6.45) is 0. The average Bonchev–Trinajstić information content (AvgIpc) is 2.44. The zero-order valence-electron chi connectivity index (χ0n) is 10.6. The van der Waals surface area contributed by atoms with Crippen molar-refractivity contribution in [1.29, 1.82) is 0 Å². The number of rotatable bonds is 2. The molecule has 0 aliphatic rings. The molecular formula is C12H14N4O3. The number of ether oxygens (including phenoxy) is 1. The molecule has 1 heterocycles. The monoisotopic (exact) mass is 262 g/mol. The minimum absolute atomic E-state index is 0.0710. The molecule has 0 unspecified atom stereocenters. The Labute approximate surface area is 108 Å². The molecular weight excluding hydrogens is 248 g/mol. The molecule has 0 radical (unpaired) electrons. The van der Waals surface area contributed by atoms with Gasteiger partial charge in [0.1, 0.15) is 17.3 Å². The van der Waals surface area contributed by atoms with Crippen LogP contribution in [-0.2, 0) is 7.05 Å². The van der Waals surface area contributed by atoms with Crippen LogP contribution in [0.2, 0.25) is 0 Å². The average molecular weight is 262 g/mol. The third-order valence-corrected chi connectivity index (χ3v) is 2.86. The maximum Gasteiger partial charge on any atom is 0.337 e. The summed E-state index contributed by atoms with van der Waals surface area (Å²) in [7, 11) is 2.89. The Balaban J connectivity index is 2.75. The van der Waals surface area contributed by atoms with Crippen LogP contribution >= 0.6 is 0 Å². The lowest BCUT2D eigenvalue weighted by Crippen LogP contribution is -2.40. The standard InChI is InChI=1S/C12H14N4O3/c1-15-11(17)9(13)10(14)16(12(15)18)7-3-5-8(19-2)6-4-7/h3-6H,13-14H2,1-2H3. The lowest BCUT2D eigenvalue weighted by Gasteiger charge is -2.13. The first kappa shape index (κ1) is 12.7. The van der Waals surface area contributed by atoms with E-state index in [-0.39, 0.29) is 11.5 Å². The molecule has 2 rings (SSSR count). The van der Waals surface area contributed by atoms with E-state index in [0.717, 1.165) is 4.57 Å². The highest BCUT2D eigenvalue weighted by atomic mass is 16.5. The van der Waals surface area contributed by atoms with Crippen molar-refractivity contribution in [2.24, 2.45) is 7.05 Å². The fourth-order valence-corrected chi connectivity index (χ4v) is 1.73. The topological polar surface area (TPSA) is 105 Å². The van der Waals surface area contributed by atoms with Crippen molar-refractivity contribution in [2.75, 3.05) is 18.6 Å². The van der Waals surface area contributed by atoms with Gasteiger partial charge in [0.25, 0.3) is 5.56 Å². The maximum absolute atomic E-state index is 12.1. The first-order valence-electron chi connectivity index (χ1n) is 5.48. The van der Waals surface area contributed by atoms with Gasteiger partial charge in [-0.15, -0.1) is 0 Å². The molecule has 0 spiro atoms. The van der Waals surface area contributed by atoms with E-state index in [4.69, 9.17) is 16.2 Å². The first-order valence-corrected chi connectivity index (χ1v) is 5.48. The first-order chi connectivity index (χ1) is 8.97. The van der Waals surface area contributed by atoms with Crippen LogP contribution in [0, 0.1) is 0 Å². The van der Waals surface area contributed by atoms with Gasteiger partial charge in [0.15, 0.2) is 0 Å². The Morgan fingerprint density at radius 3 is 2.21 bits per heavy atom. The van der Waals surface area contributed by atoms with E-state index in [0.29, 0.717) is 11.4 Å². The molecule has 0 amide bonds. The number of nitrogen functional groups attached to an aromatic ring is 2. The lowest BCUT2D eigenvalue weighted by atomic mass is 10.3. The Hall–Kier alpha value is -2.70. The van der Waals surface area contributed by atoms with E-state index in [1.54, 1.807) is 31.4 Å². The van der Waals surface area contributed by atoms with E-state index in [1.165, 1.54) is 11.6 Å². The van der Waals surface area contributed by atoms with Crippen LogP contribution in [0.3, 0.4) is 0 Å². The van der Waals surface area contributed by atoms with Crippen molar-refractivity contribution in [1.82, 2.24) is 9.13 Å². The van der Waals surface area contributed by atoms with E-state index in [9.17, 15) is 9.59 Å². The van der Waals surface area contributed by atoms with Gasteiger partial charge < -0.3 is 16.2 Å². The highest BCUT2D eigenvalue weighted by Gasteiger charge is 2.13. The summed E-state index contributed by atoms with van der Waals surface area (Å²) in [5.41, 5.74) is 10.5. The van der Waals surface area contributed by atoms with Crippen LogP contribution in [0.25, 0.3) is 5.69 Å². The number of methoxy groups -OCH3 is 1. The smallest absolute Gasteiger partial charge is 0.337 e. The Kier molecular flexibility index (Phi) is 3.04. The summed E-state index contributed by atoms with van der Waals surface area (Å²) in [6.45, 7) is 0. The van der Waals surface area contributed by atoms with Crippen molar-refractivity contribution in [3.05, 3.63) is 45.1 Å². The predicted octanol–water partition coefficient (Wildman–Crippen LogP) is -0.291. The number of benzene rings is 1. The minimum Gasteiger partial charge on any atom is -0.497 e. The zero-order chi connectivity index (χ0) is 14.2. The molecule has 0 fully saturated rings. The molecule has 0 bridgehead atoms. The van der Waals surface area contributed by atoms with E-state index >= 15 is 0 Å². The van der Waals surface area contributed by atoms with Crippen LogP contribution < -0.4 is 27.5 Å². The van der Waals surface area contributed by atoms with Crippen LogP contribution in [0.4, 0.5) is 11.5 Å². The van der Waals surface area contributed by atoms with Gasteiger partial charge in [-0.3, -0.25) is 9.36 Å². The quantitative estimate of drug-likeness (QED) is 0.773. The van der Waals surface area contributed by atoms with Gasteiger partial charge in [0.2, 0.25) is 0 Å². The molecule has 0 saturated heterocycles. The number of nitrogens with two attached hydrogens (primary N) is 2. The highest BCUT2D eigenvalue weighted by molar-refractivity contribution is 5.60. The third-order valence-electron chi connectivity index (χ3n) is 2.86. The van der Waals surface area contributed by atoms with Crippen LogP contribution in [-0.4, -0.2) is 16.2 Å². The number of anilines is 2. The normalized spacial score (nSPS) is 10.4. The molecule has 2 aromatic rings. The number of nitrogens with zero attached hydrogens (tertiary/aromatic N) is 2. The molecule has 7 nitrogen and oxygen atoms in total. The molecule has 1 aromatic carbocycles. The lowest BCUT2D eigenvalue weighted by molar-refractivity contribution is 0.414. The van der Waals surface area contributed by atoms with Crippen LogP contribution in [0.15, 0.2) is 33.9 Å². The number of aromatic nitrogens is 2. The molecule has 1 aromatic heterocycles. The second-order valence-corrected chi connectivity index (χ2v) is 3.98. The van der Waals surface area contributed by atoms with Gasteiger partial charge >= 0.3 is 5.69 Å². The molecule has 4 N–H and O–H groups in total. The van der Waals surface area contributed by atoms with Gasteiger partial charge in [-0.05, 0) is 24.3 Å². The van der Waals surface area contributed by atoms with E-state index in [2.05, 4.69) is 0 Å². The highest BCUT2D eigenvalue weighted by Crippen LogP contribution is 2.17. The molecule has 100 valence electrons. The van der Waals surface area contributed by atoms with Gasteiger partial charge in [0, 0.05) is 7.05 Å². The Morgan fingerprint density at radius 2 is 1.68 bits per heavy atom. The zero-order valence-corrected chi connectivity index (χ0v) is 10.6.